The number of rotatable bonds is 9. The molecule has 4 aromatic rings. The number of nitrogens with one attached hydrogen (secondary N) is 1. The standard InChI is InChI=1S/C26H28FN5O3/c1-4-26(2,3)28-25(34)24(19-11-5-6-12-20(19)27)31(16-18-10-9-15-35-18)23(33)17-32-22-14-8-7-13-21(22)29-30-32/h5-15,24H,4,16-17H2,1-3H3,(H,28,34)/t24-/m1/s1. The number of fused-ring (bicyclic) bond motifs is 1. The van der Waals surface area contributed by atoms with E-state index in [1.807, 2.05) is 39.0 Å². The van der Waals surface area contributed by atoms with Crippen molar-refractivity contribution < 1.29 is 18.4 Å². The van der Waals surface area contributed by atoms with E-state index in [1.54, 1.807) is 30.3 Å². The molecule has 182 valence electrons. The Morgan fingerprint density at radius 2 is 1.86 bits per heavy atom. The van der Waals surface area contributed by atoms with Crippen molar-refractivity contribution in [2.45, 2.75) is 51.9 Å². The van der Waals surface area contributed by atoms with Gasteiger partial charge >= 0.3 is 0 Å². The van der Waals surface area contributed by atoms with Crippen LogP contribution in [-0.2, 0) is 22.7 Å². The lowest BCUT2D eigenvalue weighted by Crippen LogP contribution is -2.50. The Morgan fingerprint density at radius 1 is 1.11 bits per heavy atom. The Hall–Kier alpha value is -4.01. The first-order valence-corrected chi connectivity index (χ1v) is 11.5. The molecule has 4 rings (SSSR count). The van der Waals surface area contributed by atoms with Crippen molar-refractivity contribution in [3.05, 3.63) is 84.1 Å². The van der Waals surface area contributed by atoms with Gasteiger partial charge in [0, 0.05) is 11.1 Å². The zero-order valence-electron chi connectivity index (χ0n) is 19.9. The second-order valence-electron chi connectivity index (χ2n) is 8.99. The number of hydrogen-bond acceptors (Lipinski definition) is 5. The molecule has 0 radical (unpaired) electrons. The largest absolute Gasteiger partial charge is 0.467 e. The van der Waals surface area contributed by atoms with Crippen molar-refractivity contribution in [2.24, 2.45) is 0 Å². The van der Waals surface area contributed by atoms with Gasteiger partial charge in [-0.15, -0.1) is 5.10 Å². The molecule has 0 saturated carbocycles. The van der Waals surface area contributed by atoms with Crippen molar-refractivity contribution in [3.63, 3.8) is 0 Å². The van der Waals surface area contributed by atoms with Gasteiger partial charge in [-0.25, -0.2) is 9.07 Å². The lowest BCUT2D eigenvalue weighted by Gasteiger charge is -2.34. The third kappa shape index (κ3) is 5.40. The summed E-state index contributed by atoms with van der Waals surface area (Å²) in [6.07, 6.45) is 2.14. The summed E-state index contributed by atoms with van der Waals surface area (Å²) >= 11 is 0. The minimum absolute atomic E-state index is 0.0303. The van der Waals surface area contributed by atoms with Gasteiger partial charge in [-0.2, -0.15) is 0 Å². The quantitative estimate of drug-likeness (QED) is 0.389. The third-order valence-electron chi connectivity index (χ3n) is 6.04. The molecule has 8 nitrogen and oxygen atoms in total. The van der Waals surface area contributed by atoms with Gasteiger partial charge in [0.2, 0.25) is 11.8 Å². The van der Waals surface area contributed by atoms with Crippen LogP contribution in [0.2, 0.25) is 0 Å². The molecule has 0 aliphatic carbocycles. The zero-order chi connectivity index (χ0) is 25.0. The summed E-state index contributed by atoms with van der Waals surface area (Å²) < 4.78 is 22.0. The number of amides is 2. The first-order chi connectivity index (χ1) is 16.8. The fourth-order valence-electron chi connectivity index (χ4n) is 3.78. The monoisotopic (exact) mass is 477 g/mol. The molecule has 2 heterocycles. The smallest absolute Gasteiger partial charge is 0.247 e. The zero-order valence-corrected chi connectivity index (χ0v) is 19.9. The number of carbonyl (C=O) groups excluding carboxylic acids is 2. The molecule has 2 aromatic heterocycles. The van der Waals surface area contributed by atoms with Gasteiger partial charge in [-0.3, -0.25) is 9.59 Å². The fraction of sp³-hybridized carbons (Fsp3) is 0.308. The predicted octanol–water partition coefficient (Wildman–Crippen LogP) is 4.24. The van der Waals surface area contributed by atoms with E-state index in [2.05, 4.69) is 15.6 Å². The maximum atomic E-state index is 15.0. The van der Waals surface area contributed by atoms with Crippen molar-refractivity contribution in [2.75, 3.05) is 0 Å². The summed E-state index contributed by atoms with van der Waals surface area (Å²) in [4.78, 5) is 28.7. The first-order valence-electron chi connectivity index (χ1n) is 11.5. The van der Waals surface area contributed by atoms with Gasteiger partial charge in [0.1, 0.15) is 29.7 Å². The lowest BCUT2D eigenvalue weighted by molar-refractivity contribution is -0.143. The number of nitrogens with zero attached hydrogens (tertiary/aromatic N) is 4. The number of aromatic nitrogens is 3. The van der Waals surface area contributed by atoms with Gasteiger partial charge in [-0.05, 0) is 50.6 Å². The number of halogens is 1. The molecule has 1 atom stereocenters. The summed E-state index contributed by atoms with van der Waals surface area (Å²) in [5.41, 5.74) is 0.867. The van der Waals surface area contributed by atoms with Crippen LogP contribution in [0.3, 0.4) is 0 Å². The summed E-state index contributed by atoms with van der Waals surface area (Å²) in [5.74, 6) is -1.03. The minimum atomic E-state index is -1.23. The van der Waals surface area contributed by atoms with E-state index >= 15 is 4.39 Å². The van der Waals surface area contributed by atoms with E-state index < -0.39 is 29.2 Å². The average Bonchev–Trinajstić information content (AvgIpc) is 3.50. The molecular weight excluding hydrogens is 449 g/mol. The molecule has 9 heteroatoms. The molecular formula is C26H28FN5O3. The fourth-order valence-corrected chi connectivity index (χ4v) is 3.78. The number of hydrogen-bond donors (Lipinski definition) is 1. The van der Waals surface area contributed by atoms with Crippen molar-refractivity contribution in [1.29, 1.82) is 0 Å². The average molecular weight is 478 g/mol. The van der Waals surface area contributed by atoms with E-state index in [9.17, 15) is 9.59 Å². The SMILES string of the molecule is CCC(C)(C)NC(=O)[C@@H](c1ccccc1F)N(Cc1ccco1)C(=O)Cn1nnc2ccccc21. The normalized spacial score (nSPS) is 12.5. The van der Waals surface area contributed by atoms with Gasteiger partial charge < -0.3 is 14.6 Å². The second kappa shape index (κ2) is 10.1. The summed E-state index contributed by atoms with van der Waals surface area (Å²) in [6.45, 7) is 5.49. The summed E-state index contributed by atoms with van der Waals surface area (Å²) in [5, 5.41) is 11.2. The predicted molar refractivity (Wildman–Crippen MR) is 128 cm³/mol. The Kier molecular flexibility index (Phi) is 6.95. The Bertz CT molecular complexity index is 1320. The summed E-state index contributed by atoms with van der Waals surface area (Å²) in [7, 11) is 0. The molecule has 0 spiro atoms. The van der Waals surface area contributed by atoms with E-state index in [0.717, 1.165) is 0 Å². The van der Waals surface area contributed by atoms with Crippen LogP contribution >= 0.6 is 0 Å². The minimum Gasteiger partial charge on any atom is -0.467 e. The Balaban J connectivity index is 1.76. The van der Waals surface area contributed by atoms with Crippen LogP contribution in [0.1, 0.15) is 44.6 Å². The van der Waals surface area contributed by atoms with Crippen LogP contribution in [0.25, 0.3) is 11.0 Å². The van der Waals surface area contributed by atoms with Crippen LogP contribution in [0.5, 0.6) is 0 Å². The van der Waals surface area contributed by atoms with Gasteiger partial charge in [0.25, 0.3) is 0 Å². The second-order valence-corrected chi connectivity index (χ2v) is 8.99. The molecule has 0 bridgehead atoms. The van der Waals surface area contributed by atoms with Crippen LogP contribution in [0.4, 0.5) is 4.39 Å². The topological polar surface area (TPSA) is 93.3 Å². The maximum Gasteiger partial charge on any atom is 0.247 e. The van der Waals surface area contributed by atoms with Crippen LogP contribution < -0.4 is 5.32 Å². The Morgan fingerprint density at radius 3 is 2.57 bits per heavy atom. The highest BCUT2D eigenvalue weighted by Gasteiger charge is 2.36. The van der Waals surface area contributed by atoms with Crippen LogP contribution in [0, 0.1) is 5.82 Å². The molecule has 2 amide bonds. The Labute approximate surface area is 202 Å². The molecule has 1 N–H and O–H groups in total. The highest BCUT2D eigenvalue weighted by atomic mass is 19.1. The molecule has 0 unspecified atom stereocenters. The molecule has 0 aliphatic rings. The number of carbonyl (C=O) groups is 2. The number of para-hydroxylation sites is 1. The van der Waals surface area contributed by atoms with Crippen LogP contribution in [-0.4, -0.2) is 37.2 Å². The third-order valence-corrected chi connectivity index (χ3v) is 6.04. The van der Waals surface area contributed by atoms with Gasteiger partial charge in [0.05, 0.1) is 18.3 Å². The first kappa shape index (κ1) is 24.1. The van der Waals surface area contributed by atoms with Crippen LogP contribution in [0.15, 0.2) is 71.3 Å². The number of furan rings is 1. The van der Waals surface area contributed by atoms with E-state index in [0.29, 0.717) is 23.2 Å². The molecule has 0 saturated heterocycles. The van der Waals surface area contributed by atoms with Crippen molar-refractivity contribution in [3.8, 4) is 0 Å². The van der Waals surface area contributed by atoms with Gasteiger partial charge in [-0.1, -0.05) is 42.5 Å². The maximum absolute atomic E-state index is 15.0. The van der Waals surface area contributed by atoms with E-state index in [-0.39, 0.29) is 18.7 Å². The van der Waals surface area contributed by atoms with Crippen molar-refractivity contribution >= 4 is 22.8 Å². The molecule has 35 heavy (non-hydrogen) atoms. The molecule has 0 aliphatic heterocycles. The number of benzene rings is 2. The van der Waals surface area contributed by atoms with E-state index in [4.69, 9.17) is 4.42 Å². The van der Waals surface area contributed by atoms with Crippen molar-refractivity contribution in [1.82, 2.24) is 25.2 Å². The molecule has 0 fully saturated rings. The van der Waals surface area contributed by atoms with E-state index in [1.165, 1.54) is 28.0 Å². The lowest BCUT2D eigenvalue weighted by atomic mass is 9.98. The molecule has 2 aromatic carbocycles. The highest BCUT2D eigenvalue weighted by Crippen LogP contribution is 2.28. The highest BCUT2D eigenvalue weighted by molar-refractivity contribution is 5.89. The summed E-state index contributed by atoms with van der Waals surface area (Å²) in [6, 6.07) is 15.4. The van der Waals surface area contributed by atoms with Gasteiger partial charge in [0.15, 0.2) is 0 Å².